The summed E-state index contributed by atoms with van der Waals surface area (Å²) >= 11 is 6.16. The largest absolute Gasteiger partial charge is 0.303 e. The Labute approximate surface area is 227 Å². The van der Waals surface area contributed by atoms with Crippen molar-refractivity contribution in [2.45, 2.75) is 51.9 Å². The molecule has 1 aliphatic heterocycles. The lowest BCUT2D eigenvalue weighted by Gasteiger charge is -2.30. The van der Waals surface area contributed by atoms with E-state index in [2.05, 4.69) is 80.3 Å². The summed E-state index contributed by atoms with van der Waals surface area (Å²) in [5.41, 5.74) is 7.54. The molecule has 0 radical (unpaired) electrons. The standard InChI is InChI=1S/C32H36ClNO.ClH/c1-32(2,3)28-15-11-24(12-16-28)30(35)10-7-21-34-22-19-27(20-23-34)31(25-8-5-4-6-9-25)26-13-17-29(33)18-14-26;/h4-6,8-9,11-18H,7,10,19-23H2,1-3H3;1H. The number of hydrogen-bond donors (Lipinski definition) is 0. The number of hydrogen-bond acceptors (Lipinski definition) is 2. The van der Waals surface area contributed by atoms with Crippen molar-refractivity contribution < 1.29 is 4.79 Å². The number of nitrogens with zero attached hydrogens (tertiary/aromatic N) is 1. The van der Waals surface area contributed by atoms with Crippen molar-refractivity contribution in [2.75, 3.05) is 19.6 Å². The van der Waals surface area contributed by atoms with Crippen LogP contribution >= 0.6 is 24.0 Å². The van der Waals surface area contributed by atoms with E-state index < -0.39 is 0 Å². The molecule has 0 atom stereocenters. The first-order valence-corrected chi connectivity index (χ1v) is 13.1. The van der Waals surface area contributed by atoms with Crippen LogP contribution < -0.4 is 0 Å². The van der Waals surface area contributed by atoms with Gasteiger partial charge in [-0.15, -0.1) is 12.4 Å². The van der Waals surface area contributed by atoms with Gasteiger partial charge < -0.3 is 4.90 Å². The van der Waals surface area contributed by atoms with Gasteiger partial charge in [-0.05, 0) is 65.6 Å². The van der Waals surface area contributed by atoms with Gasteiger partial charge in [-0.1, -0.05) is 105 Å². The zero-order valence-electron chi connectivity index (χ0n) is 21.6. The fourth-order valence-electron chi connectivity index (χ4n) is 4.86. The van der Waals surface area contributed by atoms with E-state index in [0.29, 0.717) is 6.42 Å². The highest BCUT2D eigenvalue weighted by atomic mass is 35.5. The Hall–Kier alpha value is -2.39. The van der Waals surface area contributed by atoms with Gasteiger partial charge in [0.2, 0.25) is 0 Å². The zero-order chi connectivity index (χ0) is 24.8. The Balaban J connectivity index is 0.00000361. The van der Waals surface area contributed by atoms with Gasteiger partial charge in [0.05, 0.1) is 0 Å². The molecule has 0 aliphatic carbocycles. The third-order valence-electron chi connectivity index (χ3n) is 6.96. The van der Waals surface area contributed by atoms with Crippen LogP contribution in [0.1, 0.15) is 73.5 Å². The predicted octanol–water partition coefficient (Wildman–Crippen LogP) is 8.62. The van der Waals surface area contributed by atoms with Crippen LogP contribution in [0.3, 0.4) is 0 Å². The summed E-state index contributed by atoms with van der Waals surface area (Å²) < 4.78 is 0. The number of ketones is 1. The zero-order valence-corrected chi connectivity index (χ0v) is 23.2. The molecule has 4 heteroatoms. The molecule has 0 saturated carbocycles. The van der Waals surface area contributed by atoms with Crippen molar-refractivity contribution in [1.29, 1.82) is 0 Å². The Bertz CT molecular complexity index is 1150. The Morgan fingerprint density at radius 2 is 1.36 bits per heavy atom. The predicted molar refractivity (Wildman–Crippen MR) is 156 cm³/mol. The molecule has 4 rings (SSSR count). The van der Waals surface area contributed by atoms with Gasteiger partial charge in [-0.25, -0.2) is 0 Å². The maximum atomic E-state index is 12.7. The second-order valence-corrected chi connectivity index (χ2v) is 11.0. The molecular formula is C32H37Cl2NO. The molecule has 0 bridgehead atoms. The second-order valence-electron chi connectivity index (χ2n) is 10.5. The molecule has 0 unspecified atom stereocenters. The lowest BCUT2D eigenvalue weighted by Crippen LogP contribution is -2.32. The first-order valence-electron chi connectivity index (χ1n) is 12.7. The molecule has 1 heterocycles. The fourth-order valence-corrected chi connectivity index (χ4v) is 4.98. The van der Waals surface area contributed by atoms with E-state index in [1.165, 1.54) is 27.8 Å². The summed E-state index contributed by atoms with van der Waals surface area (Å²) in [6.45, 7) is 9.63. The summed E-state index contributed by atoms with van der Waals surface area (Å²) in [7, 11) is 0. The van der Waals surface area contributed by atoms with Crippen molar-refractivity contribution in [3.8, 4) is 0 Å². The Morgan fingerprint density at radius 3 is 1.94 bits per heavy atom. The maximum Gasteiger partial charge on any atom is 0.162 e. The summed E-state index contributed by atoms with van der Waals surface area (Å²) in [5, 5.41) is 0.765. The van der Waals surface area contributed by atoms with Crippen LogP contribution in [0.15, 0.2) is 84.4 Å². The fraction of sp³-hybridized carbons (Fsp3) is 0.344. The van der Waals surface area contributed by atoms with Gasteiger partial charge >= 0.3 is 0 Å². The summed E-state index contributed by atoms with van der Waals surface area (Å²) in [6.07, 6.45) is 3.61. The lowest BCUT2D eigenvalue weighted by atomic mass is 9.86. The highest BCUT2D eigenvalue weighted by Gasteiger charge is 2.19. The first-order chi connectivity index (χ1) is 16.8. The van der Waals surface area contributed by atoms with Gasteiger partial charge in [-0.3, -0.25) is 4.79 Å². The molecule has 0 N–H and O–H groups in total. The van der Waals surface area contributed by atoms with Crippen LogP contribution in [-0.2, 0) is 5.41 Å². The quantitative estimate of drug-likeness (QED) is 0.290. The van der Waals surface area contributed by atoms with Gasteiger partial charge in [0, 0.05) is 30.1 Å². The molecule has 0 aromatic heterocycles. The van der Waals surface area contributed by atoms with Gasteiger partial charge in [0.25, 0.3) is 0 Å². The molecule has 2 nitrogen and oxygen atoms in total. The molecule has 1 aliphatic rings. The van der Waals surface area contributed by atoms with Gasteiger partial charge in [0.1, 0.15) is 0 Å². The molecule has 1 saturated heterocycles. The summed E-state index contributed by atoms with van der Waals surface area (Å²) in [5.74, 6) is 0.247. The summed E-state index contributed by atoms with van der Waals surface area (Å²) in [4.78, 5) is 15.2. The SMILES string of the molecule is CC(C)(C)c1ccc(C(=O)CCCN2CCC(=C(c3ccccc3)c3ccc(Cl)cc3)CC2)cc1.Cl. The van der Waals surface area contributed by atoms with Crippen LogP contribution in [0.4, 0.5) is 0 Å². The van der Waals surface area contributed by atoms with Crippen molar-refractivity contribution >= 4 is 35.4 Å². The molecule has 36 heavy (non-hydrogen) atoms. The van der Waals surface area contributed by atoms with E-state index in [1.807, 2.05) is 24.3 Å². The Kier molecular flexibility index (Phi) is 9.96. The highest BCUT2D eigenvalue weighted by Crippen LogP contribution is 2.33. The minimum absolute atomic E-state index is 0. The number of carbonyl (C=O) groups excluding carboxylic acids is 1. The van der Waals surface area contributed by atoms with E-state index in [4.69, 9.17) is 11.6 Å². The minimum Gasteiger partial charge on any atom is -0.303 e. The minimum atomic E-state index is 0. The molecule has 0 spiro atoms. The smallest absolute Gasteiger partial charge is 0.162 e. The molecule has 1 fully saturated rings. The third-order valence-corrected chi connectivity index (χ3v) is 7.21. The van der Waals surface area contributed by atoms with Crippen LogP contribution in [-0.4, -0.2) is 30.3 Å². The van der Waals surface area contributed by atoms with Crippen LogP contribution in [0, 0.1) is 0 Å². The van der Waals surface area contributed by atoms with Gasteiger partial charge in [-0.2, -0.15) is 0 Å². The summed E-state index contributed by atoms with van der Waals surface area (Å²) in [6, 6.07) is 27.0. The molecular weight excluding hydrogens is 485 g/mol. The first kappa shape index (κ1) is 28.2. The topological polar surface area (TPSA) is 20.3 Å². The van der Waals surface area contributed by atoms with E-state index in [-0.39, 0.29) is 23.6 Å². The third kappa shape index (κ3) is 7.32. The number of carbonyl (C=O) groups is 1. The lowest BCUT2D eigenvalue weighted by molar-refractivity contribution is 0.0974. The van der Waals surface area contributed by atoms with Crippen LogP contribution in [0.2, 0.25) is 5.02 Å². The number of likely N-dealkylation sites (tertiary alicyclic amines) is 1. The second kappa shape index (κ2) is 12.7. The highest BCUT2D eigenvalue weighted by molar-refractivity contribution is 6.30. The Morgan fingerprint density at radius 1 is 0.806 bits per heavy atom. The number of Topliss-reactive ketones (excluding diaryl/α,β-unsaturated/α-hetero) is 1. The number of halogens is 2. The van der Waals surface area contributed by atoms with Crippen molar-refractivity contribution in [3.05, 3.63) is 112 Å². The maximum absolute atomic E-state index is 12.7. The van der Waals surface area contributed by atoms with Crippen molar-refractivity contribution in [2.24, 2.45) is 0 Å². The number of rotatable bonds is 7. The van der Waals surface area contributed by atoms with E-state index in [9.17, 15) is 4.79 Å². The monoisotopic (exact) mass is 521 g/mol. The number of benzene rings is 3. The van der Waals surface area contributed by atoms with E-state index >= 15 is 0 Å². The van der Waals surface area contributed by atoms with E-state index in [1.54, 1.807) is 0 Å². The van der Waals surface area contributed by atoms with Crippen LogP contribution in [0.5, 0.6) is 0 Å². The van der Waals surface area contributed by atoms with Gasteiger partial charge in [0.15, 0.2) is 5.78 Å². The molecule has 3 aromatic rings. The average molecular weight is 523 g/mol. The van der Waals surface area contributed by atoms with E-state index in [0.717, 1.165) is 49.5 Å². The molecule has 3 aromatic carbocycles. The normalized spacial score (nSPS) is 14.3. The van der Waals surface area contributed by atoms with Crippen LogP contribution in [0.25, 0.3) is 5.57 Å². The van der Waals surface area contributed by atoms with Crippen molar-refractivity contribution in [1.82, 2.24) is 4.90 Å². The molecule has 190 valence electrons. The molecule has 0 amide bonds. The van der Waals surface area contributed by atoms with Crippen molar-refractivity contribution in [3.63, 3.8) is 0 Å². The average Bonchev–Trinajstić information content (AvgIpc) is 2.86. The number of piperidine rings is 1.